The number of nitrogens with one attached hydrogen (secondary N) is 2. The fourth-order valence-corrected chi connectivity index (χ4v) is 3.41. The maximum atomic E-state index is 12.4. The Kier molecular flexibility index (Phi) is 5.63. The topological polar surface area (TPSA) is 88.5 Å². The first-order chi connectivity index (χ1) is 13.0. The molecule has 2 N–H and O–H groups in total. The van der Waals surface area contributed by atoms with Gasteiger partial charge < -0.3 is 15.4 Å². The van der Waals surface area contributed by atoms with Crippen LogP contribution >= 0.6 is 0 Å². The van der Waals surface area contributed by atoms with E-state index in [0.29, 0.717) is 12.2 Å². The Bertz CT molecular complexity index is 833. The van der Waals surface area contributed by atoms with Crippen molar-refractivity contribution < 1.29 is 14.3 Å². The number of rotatable bonds is 4. The highest BCUT2D eigenvalue weighted by Gasteiger charge is 2.23. The lowest BCUT2D eigenvalue weighted by Gasteiger charge is -2.28. The van der Waals surface area contributed by atoms with Crippen LogP contribution in [0.2, 0.25) is 0 Å². The van der Waals surface area contributed by atoms with Gasteiger partial charge >= 0.3 is 12.1 Å². The van der Waals surface area contributed by atoms with Crippen LogP contribution in [0.25, 0.3) is 0 Å². The van der Waals surface area contributed by atoms with Gasteiger partial charge in [0.25, 0.3) is 0 Å². The van der Waals surface area contributed by atoms with E-state index in [-0.39, 0.29) is 18.2 Å². The number of carbonyl (C=O) groups is 2. The normalized spacial score (nSPS) is 14.3. The van der Waals surface area contributed by atoms with Crippen LogP contribution in [-0.2, 0) is 18.2 Å². The van der Waals surface area contributed by atoms with Crippen molar-refractivity contribution in [2.24, 2.45) is 7.05 Å². The van der Waals surface area contributed by atoms with E-state index in [2.05, 4.69) is 15.7 Å². The molecule has 2 heterocycles. The molecule has 1 aliphatic rings. The van der Waals surface area contributed by atoms with Gasteiger partial charge in [0.2, 0.25) is 0 Å². The highest BCUT2D eigenvalue weighted by Crippen LogP contribution is 2.30. The van der Waals surface area contributed by atoms with E-state index >= 15 is 0 Å². The second-order valence-corrected chi connectivity index (χ2v) is 6.51. The Morgan fingerprint density at radius 1 is 1.33 bits per heavy atom. The van der Waals surface area contributed by atoms with Gasteiger partial charge in [-0.05, 0) is 49.1 Å². The van der Waals surface area contributed by atoms with Crippen molar-refractivity contribution in [3.8, 4) is 0 Å². The Balaban J connectivity index is 1.70. The van der Waals surface area contributed by atoms with Crippen LogP contribution in [0, 0.1) is 0 Å². The lowest BCUT2D eigenvalue weighted by atomic mass is 10.0. The van der Waals surface area contributed by atoms with E-state index in [0.717, 1.165) is 36.2 Å². The number of urea groups is 1. The standard InChI is InChI=1S/C19H25N5O3/c1-4-15(17-9-10-20-23(17)2)22-18(25)21-14-7-8-16-13(12-14)6-5-11-24(16)19(26)27-3/h7-10,12,15H,4-6,11H2,1-3H3,(H2,21,22,25)/t15-/m1/s1. The number of fused-ring (bicyclic) bond motifs is 1. The van der Waals surface area contributed by atoms with E-state index < -0.39 is 0 Å². The maximum absolute atomic E-state index is 12.4. The van der Waals surface area contributed by atoms with Gasteiger partial charge in [0, 0.05) is 25.5 Å². The molecule has 0 fully saturated rings. The number of benzene rings is 1. The molecule has 0 saturated heterocycles. The van der Waals surface area contributed by atoms with Gasteiger partial charge in [-0.2, -0.15) is 5.10 Å². The molecule has 0 saturated carbocycles. The molecule has 0 bridgehead atoms. The molecule has 1 aliphatic heterocycles. The number of hydrogen-bond donors (Lipinski definition) is 2. The molecule has 8 nitrogen and oxygen atoms in total. The molecule has 1 aromatic heterocycles. The van der Waals surface area contributed by atoms with Gasteiger partial charge in [0.15, 0.2) is 0 Å². The summed E-state index contributed by atoms with van der Waals surface area (Å²) in [7, 11) is 3.23. The second kappa shape index (κ2) is 8.11. The number of carbonyl (C=O) groups excluding carboxylic acids is 2. The summed E-state index contributed by atoms with van der Waals surface area (Å²) in [5.41, 5.74) is 3.49. The van der Waals surface area contributed by atoms with Crippen LogP contribution in [0.15, 0.2) is 30.5 Å². The molecule has 144 valence electrons. The first-order valence-electron chi connectivity index (χ1n) is 9.07. The smallest absolute Gasteiger partial charge is 0.414 e. The number of amides is 3. The molecule has 3 rings (SSSR count). The zero-order valence-electron chi connectivity index (χ0n) is 15.9. The lowest BCUT2D eigenvalue weighted by Crippen LogP contribution is -2.35. The maximum Gasteiger partial charge on any atom is 0.414 e. The van der Waals surface area contributed by atoms with Gasteiger partial charge in [0.1, 0.15) is 0 Å². The van der Waals surface area contributed by atoms with Gasteiger partial charge in [-0.15, -0.1) is 0 Å². The first kappa shape index (κ1) is 18.8. The number of aromatic nitrogens is 2. The van der Waals surface area contributed by atoms with Gasteiger partial charge in [-0.3, -0.25) is 9.58 Å². The van der Waals surface area contributed by atoms with Gasteiger partial charge in [0.05, 0.1) is 24.5 Å². The van der Waals surface area contributed by atoms with Crippen molar-refractivity contribution in [3.63, 3.8) is 0 Å². The molecule has 0 radical (unpaired) electrons. The van der Waals surface area contributed by atoms with E-state index in [4.69, 9.17) is 4.74 Å². The number of methoxy groups -OCH3 is 1. The Labute approximate surface area is 158 Å². The minimum absolute atomic E-state index is 0.120. The molecule has 0 aliphatic carbocycles. The third kappa shape index (κ3) is 4.05. The summed E-state index contributed by atoms with van der Waals surface area (Å²) in [4.78, 5) is 26.0. The minimum atomic E-state index is -0.364. The number of aryl methyl sites for hydroxylation is 2. The van der Waals surface area contributed by atoms with Gasteiger partial charge in [-0.25, -0.2) is 9.59 Å². The van der Waals surface area contributed by atoms with Crippen LogP contribution in [0.3, 0.4) is 0 Å². The molecule has 1 aromatic carbocycles. The Hall–Kier alpha value is -3.03. The molecule has 0 spiro atoms. The predicted molar refractivity (Wildman–Crippen MR) is 103 cm³/mol. The fourth-order valence-electron chi connectivity index (χ4n) is 3.41. The first-order valence-corrected chi connectivity index (χ1v) is 9.07. The summed E-state index contributed by atoms with van der Waals surface area (Å²) in [5, 5.41) is 10.0. The third-order valence-corrected chi connectivity index (χ3v) is 4.78. The van der Waals surface area contributed by atoms with Crippen LogP contribution in [0.5, 0.6) is 0 Å². The monoisotopic (exact) mass is 371 g/mol. The van der Waals surface area contributed by atoms with Crippen molar-refractivity contribution in [1.82, 2.24) is 15.1 Å². The summed E-state index contributed by atoms with van der Waals surface area (Å²) in [6, 6.07) is 7.06. The van der Waals surface area contributed by atoms with Crippen molar-refractivity contribution in [2.75, 3.05) is 23.9 Å². The molecule has 1 atom stereocenters. The Morgan fingerprint density at radius 3 is 2.81 bits per heavy atom. The quantitative estimate of drug-likeness (QED) is 0.864. The highest BCUT2D eigenvalue weighted by atomic mass is 16.5. The summed E-state index contributed by atoms with van der Waals surface area (Å²) in [6.45, 7) is 2.65. The molecule has 2 aromatic rings. The minimum Gasteiger partial charge on any atom is -0.452 e. The van der Waals surface area contributed by atoms with Crippen LogP contribution in [0.4, 0.5) is 21.0 Å². The molecule has 8 heteroatoms. The second-order valence-electron chi connectivity index (χ2n) is 6.51. The Morgan fingerprint density at radius 2 is 2.15 bits per heavy atom. The number of hydrogen-bond acceptors (Lipinski definition) is 4. The average molecular weight is 371 g/mol. The van der Waals surface area contributed by atoms with Gasteiger partial charge in [-0.1, -0.05) is 6.92 Å². The molecule has 0 unspecified atom stereocenters. The molecule has 3 amide bonds. The van der Waals surface area contributed by atoms with Crippen LogP contribution < -0.4 is 15.5 Å². The largest absolute Gasteiger partial charge is 0.452 e. The molecular weight excluding hydrogens is 346 g/mol. The van der Waals surface area contributed by atoms with E-state index in [1.807, 2.05) is 32.2 Å². The number of nitrogens with zero attached hydrogens (tertiary/aromatic N) is 3. The fraction of sp³-hybridized carbons (Fsp3) is 0.421. The van der Waals surface area contributed by atoms with Crippen molar-refractivity contribution in [3.05, 3.63) is 41.7 Å². The highest BCUT2D eigenvalue weighted by molar-refractivity contribution is 5.92. The molecular formula is C19H25N5O3. The van der Waals surface area contributed by atoms with E-state index in [9.17, 15) is 9.59 Å². The summed E-state index contributed by atoms with van der Waals surface area (Å²) in [5.74, 6) is 0. The van der Waals surface area contributed by atoms with Crippen molar-refractivity contribution >= 4 is 23.5 Å². The van der Waals surface area contributed by atoms with E-state index in [1.165, 1.54) is 7.11 Å². The zero-order chi connectivity index (χ0) is 19.4. The number of ether oxygens (including phenoxy) is 1. The van der Waals surface area contributed by atoms with Crippen molar-refractivity contribution in [2.45, 2.75) is 32.2 Å². The number of anilines is 2. The van der Waals surface area contributed by atoms with Crippen LogP contribution in [-0.4, -0.2) is 35.6 Å². The van der Waals surface area contributed by atoms with E-state index in [1.54, 1.807) is 21.8 Å². The predicted octanol–water partition coefficient (Wildman–Crippen LogP) is 3.21. The summed E-state index contributed by atoms with van der Waals surface area (Å²) in [6.07, 6.45) is 3.82. The lowest BCUT2D eigenvalue weighted by molar-refractivity contribution is 0.178. The summed E-state index contributed by atoms with van der Waals surface area (Å²) < 4.78 is 6.60. The van der Waals surface area contributed by atoms with Crippen LogP contribution in [0.1, 0.15) is 37.1 Å². The zero-order valence-corrected chi connectivity index (χ0v) is 15.9. The molecule has 27 heavy (non-hydrogen) atoms. The summed E-state index contributed by atoms with van der Waals surface area (Å²) >= 11 is 0. The van der Waals surface area contributed by atoms with Crippen molar-refractivity contribution in [1.29, 1.82) is 0 Å². The average Bonchev–Trinajstić information content (AvgIpc) is 3.10. The SMILES string of the molecule is CC[C@@H](NC(=O)Nc1ccc2c(c1)CCCN2C(=O)OC)c1ccnn1C. The third-order valence-electron chi connectivity index (χ3n) is 4.78.